The summed E-state index contributed by atoms with van der Waals surface area (Å²) in [5.74, 6) is -3.08. The zero-order valence-corrected chi connectivity index (χ0v) is 16.3. The molecule has 172 valence electrons. The van der Waals surface area contributed by atoms with Gasteiger partial charge in [-0.25, -0.2) is 4.39 Å². The van der Waals surface area contributed by atoms with Crippen molar-refractivity contribution in [1.29, 1.82) is 0 Å². The zero-order valence-electron chi connectivity index (χ0n) is 16.3. The van der Waals surface area contributed by atoms with Crippen molar-refractivity contribution in [3.05, 3.63) is 94.8 Å². The van der Waals surface area contributed by atoms with Gasteiger partial charge < -0.3 is 10.6 Å². The number of amides is 2. The lowest BCUT2D eigenvalue weighted by atomic mass is 10.1. The molecule has 11 heteroatoms. The number of hydrogen-bond donors (Lipinski definition) is 2. The molecule has 0 heterocycles. The number of rotatable bonds is 4. The number of hydrogen-bond acceptors (Lipinski definition) is 2. The Labute approximate surface area is 182 Å². The molecule has 33 heavy (non-hydrogen) atoms. The fraction of sp³-hybridized carbons (Fsp3) is 0.0909. The van der Waals surface area contributed by atoms with Crippen molar-refractivity contribution in [3.8, 4) is 0 Å². The summed E-state index contributed by atoms with van der Waals surface area (Å²) in [5, 5.41) is 4.07. The molecule has 0 saturated carbocycles. The van der Waals surface area contributed by atoms with Gasteiger partial charge in [-0.1, -0.05) is 18.2 Å². The topological polar surface area (TPSA) is 58.2 Å². The summed E-state index contributed by atoms with van der Waals surface area (Å²) in [6.45, 7) is 0. The molecular weight excluding hydrogens is 457 g/mol. The van der Waals surface area contributed by atoms with E-state index in [1.807, 2.05) is 5.32 Å². The summed E-state index contributed by atoms with van der Waals surface area (Å²) >= 11 is 0. The molecule has 0 radical (unpaired) electrons. The molecule has 0 fully saturated rings. The van der Waals surface area contributed by atoms with Crippen molar-refractivity contribution in [2.24, 2.45) is 0 Å². The maximum absolute atomic E-state index is 13.7. The molecule has 0 bridgehead atoms. The first-order valence-corrected chi connectivity index (χ1v) is 9.12. The molecule has 3 rings (SSSR count). The van der Waals surface area contributed by atoms with Gasteiger partial charge in [-0.3, -0.25) is 9.59 Å². The van der Waals surface area contributed by atoms with E-state index in [9.17, 15) is 40.3 Å². The highest BCUT2D eigenvalue weighted by Gasteiger charge is 2.35. The van der Waals surface area contributed by atoms with Crippen LogP contribution in [0.5, 0.6) is 0 Å². The summed E-state index contributed by atoms with van der Waals surface area (Å²) in [6, 6.07) is 10.4. The van der Waals surface area contributed by atoms with Crippen molar-refractivity contribution < 1.29 is 40.3 Å². The smallest absolute Gasteiger partial charge is 0.322 e. The minimum Gasteiger partial charge on any atom is -0.322 e. The van der Waals surface area contributed by atoms with Gasteiger partial charge in [0.05, 0.1) is 22.4 Å². The first-order valence-electron chi connectivity index (χ1n) is 9.12. The quantitative estimate of drug-likeness (QED) is 0.436. The van der Waals surface area contributed by atoms with Crippen molar-refractivity contribution in [3.63, 3.8) is 0 Å². The number of alkyl halides is 6. The van der Waals surface area contributed by atoms with Crippen LogP contribution >= 0.6 is 0 Å². The number of benzene rings is 3. The molecule has 2 amide bonds. The van der Waals surface area contributed by atoms with Crippen LogP contribution in [0.2, 0.25) is 0 Å². The SMILES string of the molecule is O=C(Nc1ccc(NC(=O)c2ccccc2F)cc1C(F)(F)F)c1cccc(C(F)(F)F)c1. The second-order valence-electron chi connectivity index (χ2n) is 6.72. The lowest BCUT2D eigenvalue weighted by Crippen LogP contribution is -2.19. The Balaban J connectivity index is 1.88. The normalized spacial score (nSPS) is 11.7. The lowest BCUT2D eigenvalue weighted by Gasteiger charge is -2.16. The molecule has 0 saturated heterocycles. The molecule has 3 aromatic rings. The Morgan fingerprint density at radius 1 is 0.697 bits per heavy atom. The Morgan fingerprint density at radius 2 is 1.39 bits per heavy atom. The fourth-order valence-electron chi connectivity index (χ4n) is 2.84. The van der Waals surface area contributed by atoms with Gasteiger partial charge in [-0.2, -0.15) is 26.3 Å². The van der Waals surface area contributed by atoms with E-state index in [0.29, 0.717) is 18.2 Å². The first-order chi connectivity index (χ1) is 15.4. The van der Waals surface area contributed by atoms with Crippen molar-refractivity contribution in [2.75, 3.05) is 10.6 Å². The Kier molecular flexibility index (Phi) is 6.43. The van der Waals surface area contributed by atoms with Crippen molar-refractivity contribution in [1.82, 2.24) is 0 Å². The van der Waals surface area contributed by atoms with Crippen LogP contribution in [0, 0.1) is 5.82 Å². The number of carbonyl (C=O) groups excluding carboxylic acids is 2. The number of anilines is 2. The predicted molar refractivity (Wildman–Crippen MR) is 105 cm³/mol. The van der Waals surface area contributed by atoms with Gasteiger partial charge >= 0.3 is 12.4 Å². The number of halogens is 7. The molecule has 3 aromatic carbocycles. The van der Waals surface area contributed by atoms with Crippen LogP contribution in [0.3, 0.4) is 0 Å². The minimum absolute atomic E-state index is 0.340. The standard InChI is InChI=1S/C22H13F7N2O2/c23-17-7-2-1-6-15(17)20(33)30-14-8-9-18(16(11-14)22(27,28)29)31-19(32)12-4-3-5-13(10-12)21(24,25)26/h1-11H,(H,30,33)(H,31,32). The highest BCUT2D eigenvalue weighted by molar-refractivity contribution is 6.06. The van der Waals surface area contributed by atoms with Crippen LogP contribution < -0.4 is 10.6 Å². The maximum Gasteiger partial charge on any atom is 0.418 e. The van der Waals surface area contributed by atoms with Crippen LogP contribution in [0.4, 0.5) is 42.1 Å². The third kappa shape index (κ3) is 5.68. The van der Waals surface area contributed by atoms with E-state index in [1.165, 1.54) is 12.1 Å². The van der Waals surface area contributed by atoms with Gasteiger partial charge in [0.15, 0.2) is 0 Å². The van der Waals surface area contributed by atoms with Gasteiger partial charge in [-0.05, 0) is 48.5 Å². The highest BCUT2D eigenvalue weighted by atomic mass is 19.4. The summed E-state index contributed by atoms with van der Waals surface area (Å²) in [6.07, 6.45) is -9.74. The summed E-state index contributed by atoms with van der Waals surface area (Å²) < 4.78 is 92.9. The van der Waals surface area contributed by atoms with E-state index in [0.717, 1.165) is 36.4 Å². The third-order valence-electron chi connectivity index (χ3n) is 4.40. The molecule has 0 atom stereocenters. The van der Waals surface area contributed by atoms with E-state index in [-0.39, 0.29) is 5.69 Å². The fourth-order valence-corrected chi connectivity index (χ4v) is 2.84. The average molecular weight is 470 g/mol. The van der Waals surface area contributed by atoms with Crippen LogP contribution in [0.1, 0.15) is 31.8 Å². The highest BCUT2D eigenvalue weighted by Crippen LogP contribution is 2.37. The van der Waals surface area contributed by atoms with Crippen molar-refractivity contribution >= 4 is 23.2 Å². The molecule has 0 spiro atoms. The van der Waals surface area contributed by atoms with Crippen LogP contribution in [0.25, 0.3) is 0 Å². The molecule has 0 aliphatic rings. The summed E-state index contributed by atoms with van der Waals surface area (Å²) in [7, 11) is 0. The molecule has 0 aromatic heterocycles. The number of carbonyl (C=O) groups is 2. The average Bonchev–Trinajstić information content (AvgIpc) is 2.73. The molecule has 0 aliphatic heterocycles. The third-order valence-corrected chi connectivity index (χ3v) is 4.40. The van der Waals surface area contributed by atoms with Crippen LogP contribution in [-0.2, 0) is 12.4 Å². The number of nitrogens with one attached hydrogen (secondary N) is 2. The predicted octanol–water partition coefficient (Wildman–Crippen LogP) is 6.37. The van der Waals surface area contributed by atoms with Crippen molar-refractivity contribution in [2.45, 2.75) is 12.4 Å². The van der Waals surface area contributed by atoms with Gasteiger partial charge in [0.2, 0.25) is 0 Å². The summed E-state index contributed by atoms with van der Waals surface area (Å²) in [5.41, 5.74) is -4.49. The van der Waals surface area contributed by atoms with E-state index in [2.05, 4.69) is 5.32 Å². The Hall–Kier alpha value is -3.89. The maximum atomic E-state index is 13.7. The first kappa shape index (κ1) is 23.8. The van der Waals surface area contributed by atoms with Gasteiger partial charge in [0, 0.05) is 11.3 Å². The van der Waals surface area contributed by atoms with Gasteiger partial charge in [0.25, 0.3) is 11.8 Å². The van der Waals surface area contributed by atoms with E-state index in [4.69, 9.17) is 0 Å². The Bertz CT molecular complexity index is 1200. The minimum atomic E-state index is -4.99. The molecule has 2 N–H and O–H groups in total. The molecule has 0 aliphatic carbocycles. The van der Waals surface area contributed by atoms with E-state index in [1.54, 1.807) is 0 Å². The molecule has 0 unspecified atom stereocenters. The second kappa shape index (κ2) is 8.93. The molecule has 4 nitrogen and oxygen atoms in total. The van der Waals surface area contributed by atoms with E-state index < -0.39 is 57.9 Å². The van der Waals surface area contributed by atoms with Crippen LogP contribution in [-0.4, -0.2) is 11.8 Å². The lowest BCUT2D eigenvalue weighted by molar-refractivity contribution is -0.138. The van der Waals surface area contributed by atoms with Crippen LogP contribution in [0.15, 0.2) is 66.7 Å². The Morgan fingerprint density at radius 3 is 2.03 bits per heavy atom. The largest absolute Gasteiger partial charge is 0.418 e. The monoisotopic (exact) mass is 470 g/mol. The van der Waals surface area contributed by atoms with E-state index >= 15 is 0 Å². The second-order valence-corrected chi connectivity index (χ2v) is 6.72. The summed E-state index contributed by atoms with van der Waals surface area (Å²) in [4.78, 5) is 24.5. The molecular formula is C22H13F7N2O2. The van der Waals surface area contributed by atoms with Gasteiger partial charge in [0.1, 0.15) is 5.82 Å². The van der Waals surface area contributed by atoms with Gasteiger partial charge in [-0.15, -0.1) is 0 Å². The zero-order chi connectivity index (χ0) is 24.4.